The van der Waals surface area contributed by atoms with Crippen molar-refractivity contribution in [2.75, 3.05) is 0 Å². The molecule has 0 aliphatic carbocycles. The third-order valence-corrected chi connectivity index (χ3v) is 3.77. The minimum atomic E-state index is 0.562. The van der Waals surface area contributed by atoms with Crippen LogP contribution in [0.1, 0.15) is 16.7 Å². The van der Waals surface area contributed by atoms with Crippen LogP contribution >= 0.6 is 11.6 Å². The Balaban J connectivity index is 2.10. The Morgan fingerprint density at radius 2 is 1.21 bits per heavy atom. The molecule has 0 unspecified atom stereocenters. The minimum Gasteiger partial charge on any atom is -0.122 e. The normalized spacial score (nSPS) is 10.8. The van der Waals surface area contributed by atoms with Gasteiger partial charge in [-0.15, -0.1) is 11.6 Å². The zero-order chi connectivity index (χ0) is 13.1. The third kappa shape index (κ3) is 2.50. The van der Waals surface area contributed by atoms with E-state index in [2.05, 4.69) is 66.7 Å². The lowest BCUT2D eigenvalue weighted by atomic mass is 9.96. The van der Waals surface area contributed by atoms with Gasteiger partial charge in [0.2, 0.25) is 0 Å². The molecule has 0 nitrogen and oxygen atoms in total. The van der Waals surface area contributed by atoms with Crippen molar-refractivity contribution < 1.29 is 0 Å². The Labute approximate surface area is 118 Å². The van der Waals surface area contributed by atoms with Gasteiger partial charge in [-0.2, -0.15) is 0 Å². The van der Waals surface area contributed by atoms with Crippen LogP contribution in [0.15, 0.2) is 66.7 Å². The molecule has 0 aromatic heterocycles. The minimum absolute atomic E-state index is 0.562. The summed E-state index contributed by atoms with van der Waals surface area (Å²) in [5.74, 6) is 0.562. The molecule has 0 saturated heterocycles. The van der Waals surface area contributed by atoms with Crippen LogP contribution < -0.4 is 0 Å². The van der Waals surface area contributed by atoms with Gasteiger partial charge >= 0.3 is 0 Å². The molecular weight excluding hydrogens is 252 g/mol. The van der Waals surface area contributed by atoms with E-state index in [0.29, 0.717) is 5.88 Å². The maximum Gasteiger partial charge on any atom is 0.0480 e. The number of hydrogen-bond donors (Lipinski definition) is 0. The number of benzene rings is 3. The van der Waals surface area contributed by atoms with E-state index in [1.54, 1.807) is 0 Å². The van der Waals surface area contributed by atoms with Crippen molar-refractivity contribution in [3.8, 4) is 0 Å². The molecule has 0 spiro atoms. The largest absolute Gasteiger partial charge is 0.122 e. The van der Waals surface area contributed by atoms with E-state index in [-0.39, 0.29) is 0 Å². The van der Waals surface area contributed by atoms with Crippen molar-refractivity contribution in [1.82, 2.24) is 0 Å². The van der Waals surface area contributed by atoms with Gasteiger partial charge in [0.15, 0.2) is 0 Å². The summed E-state index contributed by atoms with van der Waals surface area (Å²) in [6, 6.07) is 23.4. The molecule has 0 aliphatic heterocycles. The van der Waals surface area contributed by atoms with Crippen LogP contribution in [0.4, 0.5) is 0 Å². The Bertz CT molecular complexity index is 686. The highest BCUT2D eigenvalue weighted by atomic mass is 35.5. The summed E-state index contributed by atoms with van der Waals surface area (Å²) in [5.41, 5.74) is 3.90. The molecule has 3 rings (SSSR count). The molecule has 0 radical (unpaired) electrons. The van der Waals surface area contributed by atoms with E-state index >= 15 is 0 Å². The van der Waals surface area contributed by atoms with E-state index in [1.807, 2.05) is 0 Å². The maximum absolute atomic E-state index is 6.02. The predicted molar refractivity (Wildman–Crippen MR) is 82.8 cm³/mol. The number of alkyl halides is 1. The molecule has 94 valence electrons. The number of halogens is 1. The molecule has 0 bridgehead atoms. The van der Waals surface area contributed by atoms with Crippen LogP contribution in [0, 0.1) is 0 Å². The highest BCUT2D eigenvalue weighted by Crippen LogP contribution is 2.25. The van der Waals surface area contributed by atoms with Crippen LogP contribution in [-0.2, 0) is 12.3 Å². The van der Waals surface area contributed by atoms with Crippen molar-refractivity contribution in [1.29, 1.82) is 0 Å². The molecule has 0 fully saturated rings. The molecular formula is C18H15Cl. The topological polar surface area (TPSA) is 0 Å². The van der Waals surface area contributed by atoms with Crippen molar-refractivity contribution in [2.45, 2.75) is 12.3 Å². The lowest BCUT2D eigenvalue weighted by Crippen LogP contribution is -1.92. The van der Waals surface area contributed by atoms with Gasteiger partial charge in [-0.3, -0.25) is 0 Å². The highest BCUT2D eigenvalue weighted by molar-refractivity contribution is 6.18. The summed E-state index contributed by atoms with van der Waals surface area (Å²) >= 11 is 6.02. The molecule has 19 heavy (non-hydrogen) atoms. The quantitative estimate of drug-likeness (QED) is 0.574. The summed E-state index contributed by atoms with van der Waals surface area (Å²) in [6.45, 7) is 0. The van der Waals surface area contributed by atoms with Gasteiger partial charge in [0.25, 0.3) is 0 Å². The first-order valence-electron chi connectivity index (χ1n) is 6.48. The van der Waals surface area contributed by atoms with E-state index < -0.39 is 0 Å². The number of hydrogen-bond acceptors (Lipinski definition) is 0. The fourth-order valence-corrected chi connectivity index (χ4v) is 2.74. The summed E-state index contributed by atoms with van der Waals surface area (Å²) in [7, 11) is 0. The van der Waals surface area contributed by atoms with E-state index in [9.17, 15) is 0 Å². The third-order valence-electron chi connectivity index (χ3n) is 3.49. The Morgan fingerprint density at radius 3 is 1.89 bits per heavy atom. The van der Waals surface area contributed by atoms with Gasteiger partial charge in [-0.05, 0) is 33.9 Å². The van der Waals surface area contributed by atoms with Gasteiger partial charge < -0.3 is 0 Å². The monoisotopic (exact) mass is 266 g/mol. The Morgan fingerprint density at radius 1 is 0.632 bits per heavy atom. The van der Waals surface area contributed by atoms with Crippen LogP contribution in [0.25, 0.3) is 10.8 Å². The van der Waals surface area contributed by atoms with Gasteiger partial charge in [-0.25, -0.2) is 0 Å². The van der Waals surface area contributed by atoms with Crippen LogP contribution in [-0.4, -0.2) is 0 Å². The summed E-state index contributed by atoms with van der Waals surface area (Å²) in [5, 5.41) is 2.58. The first kappa shape index (κ1) is 12.3. The molecule has 3 aromatic rings. The van der Waals surface area contributed by atoms with Crippen molar-refractivity contribution in [2.24, 2.45) is 0 Å². The Kier molecular flexibility index (Phi) is 3.52. The molecule has 0 heterocycles. The van der Waals surface area contributed by atoms with E-state index in [1.165, 1.54) is 27.5 Å². The lowest BCUT2D eigenvalue weighted by Gasteiger charge is -2.10. The second kappa shape index (κ2) is 5.46. The van der Waals surface area contributed by atoms with Gasteiger partial charge in [0, 0.05) is 5.88 Å². The molecule has 0 aliphatic rings. The zero-order valence-electron chi connectivity index (χ0n) is 10.6. The van der Waals surface area contributed by atoms with Gasteiger partial charge in [0.1, 0.15) is 0 Å². The second-order valence-corrected chi connectivity index (χ2v) is 4.99. The van der Waals surface area contributed by atoms with Gasteiger partial charge in [0.05, 0.1) is 0 Å². The van der Waals surface area contributed by atoms with E-state index in [0.717, 1.165) is 6.42 Å². The van der Waals surface area contributed by atoms with Gasteiger partial charge in [-0.1, -0.05) is 66.7 Å². The molecule has 0 atom stereocenters. The fraction of sp³-hybridized carbons (Fsp3) is 0.111. The smallest absolute Gasteiger partial charge is 0.0480 e. The molecule has 0 N–H and O–H groups in total. The van der Waals surface area contributed by atoms with E-state index in [4.69, 9.17) is 11.6 Å². The van der Waals surface area contributed by atoms with Crippen molar-refractivity contribution >= 4 is 22.4 Å². The Hall–Kier alpha value is -1.79. The summed E-state index contributed by atoms with van der Waals surface area (Å²) < 4.78 is 0. The average molecular weight is 267 g/mol. The molecule has 1 heteroatoms. The lowest BCUT2D eigenvalue weighted by molar-refractivity contribution is 1.21. The highest BCUT2D eigenvalue weighted by Gasteiger charge is 2.05. The number of fused-ring (bicyclic) bond motifs is 1. The van der Waals surface area contributed by atoms with Crippen molar-refractivity contribution in [3.05, 3.63) is 83.4 Å². The zero-order valence-corrected chi connectivity index (χ0v) is 11.4. The summed E-state index contributed by atoms with van der Waals surface area (Å²) in [6.07, 6.45) is 0.962. The fourth-order valence-electron chi connectivity index (χ4n) is 2.51. The summed E-state index contributed by atoms with van der Waals surface area (Å²) in [4.78, 5) is 0. The predicted octanol–water partition coefficient (Wildman–Crippen LogP) is 5.17. The van der Waals surface area contributed by atoms with Crippen LogP contribution in [0.3, 0.4) is 0 Å². The second-order valence-electron chi connectivity index (χ2n) is 4.73. The molecule has 0 amide bonds. The van der Waals surface area contributed by atoms with Crippen LogP contribution in [0.5, 0.6) is 0 Å². The molecule has 0 saturated carbocycles. The van der Waals surface area contributed by atoms with Crippen LogP contribution in [0.2, 0.25) is 0 Å². The maximum atomic E-state index is 6.02. The van der Waals surface area contributed by atoms with Crippen molar-refractivity contribution in [3.63, 3.8) is 0 Å². The SMILES string of the molecule is ClCc1ccc(Cc2ccccc2)c2ccccc12. The average Bonchev–Trinajstić information content (AvgIpc) is 2.49. The first-order valence-corrected chi connectivity index (χ1v) is 7.01. The number of rotatable bonds is 3. The first-order chi connectivity index (χ1) is 9.38. The molecule has 3 aromatic carbocycles. The standard InChI is InChI=1S/C18H15Cl/c19-13-16-11-10-15(12-14-6-2-1-3-7-14)17-8-4-5-9-18(16)17/h1-11H,12-13H2.